The van der Waals surface area contributed by atoms with E-state index in [4.69, 9.17) is 0 Å². The lowest BCUT2D eigenvalue weighted by atomic mass is 9.79. The molecule has 23 heavy (non-hydrogen) atoms. The second kappa shape index (κ2) is 8.18. The average Bonchev–Trinajstić information content (AvgIpc) is 3.13. The number of hydrogen-bond acceptors (Lipinski definition) is 2. The molecule has 0 unspecified atom stereocenters. The molecule has 0 atom stereocenters. The molecule has 0 aromatic rings. The van der Waals surface area contributed by atoms with Crippen molar-refractivity contribution in [2.75, 3.05) is 26.7 Å². The monoisotopic (exact) mass is 318 g/mol. The van der Waals surface area contributed by atoms with E-state index in [1.165, 1.54) is 64.5 Å². The molecular formula is C19H34N4. The molecule has 1 saturated heterocycles. The minimum absolute atomic E-state index is 0.365. The molecule has 2 fully saturated rings. The quantitative estimate of drug-likeness (QED) is 0.475. The number of aliphatic imine (C=N–C) groups is 1. The van der Waals surface area contributed by atoms with Crippen LogP contribution >= 0.6 is 0 Å². The molecule has 1 saturated carbocycles. The highest BCUT2D eigenvalue weighted by Gasteiger charge is 2.38. The Kier molecular flexibility index (Phi) is 5.98. The third kappa shape index (κ3) is 4.28. The van der Waals surface area contributed by atoms with Crippen molar-refractivity contribution in [1.82, 2.24) is 15.5 Å². The van der Waals surface area contributed by atoms with Crippen LogP contribution in [-0.2, 0) is 0 Å². The van der Waals surface area contributed by atoms with Crippen molar-refractivity contribution in [1.29, 1.82) is 0 Å². The van der Waals surface area contributed by atoms with Crippen molar-refractivity contribution in [3.05, 3.63) is 12.2 Å². The summed E-state index contributed by atoms with van der Waals surface area (Å²) in [6, 6.07) is 0.526. The maximum atomic E-state index is 4.46. The molecule has 2 aliphatic carbocycles. The maximum Gasteiger partial charge on any atom is 0.191 e. The second-order valence-corrected chi connectivity index (χ2v) is 7.54. The number of piperidine rings is 1. The fraction of sp³-hybridized carbons (Fsp3) is 0.842. The van der Waals surface area contributed by atoms with Gasteiger partial charge in [0.15, 0.2) is 5.96 Å². The molecule has 0 spiro atoms. The summed E-state index contributed by atoms with van der Waals surface area (Å²) in [6.45, 7) is 3.63. The van der Waals surface area contributed by atoms with Gasteiger partial charge in [-0.25, -0.2) is 0 Å². The molecule has 0 aromatic heterocycles. The Bertz CT molecular complexity index is 409. The third-order valence-electron chi connectivity index (χ3n) is 5.97. The van der Waals surface area contributed by atoms with Gasteiger partial charge in [0.2, 0.25) is 0 Å². The predicted molar refractivity (Wildman–Crippen MR) is 97.9 cm³/mol. The SMILES string of the molecule is CN=C(NCC1(N2CCCCC2)CCCCC1)NC1CC=CC1. The van der Waals surface area contributed by atoms with Gasteiger partial charge in [-0.15, -0.1) is 0 Å². The fourth-order valence-electron chi connectivity index (χ4n) is 4.55. The summed E-state index contributed by atoms with van der Waals surface area (Å²) in [7, 11) is 1.89. The highest BCUT2D eigenvalue weighted by Crippen LogP contribution is 2.35. The topological polar surface area (TPSA) is 39.7 Å². The minimum atomic E-state index is 0.365. The molecule has 1 heterocycles. The summed E-state index contributed by atoms with van der Waals surface area (Å²) in [5, 5.41) is 7.26. The van der Waals surface area contributed by atoms with Gasteiger partial charge in [0.05, 0.1) is 0 Å². The van der Waals surface area contributed by atoms with E-state index in [0.29, 0.717) is 11.6 Å². The summed E-state index contributed by atoms with van der Waals surface area (Å²) in [5.41, 5.74) is 0.365. The third-order valence-corrected chi connectivity index (χ3v) is 5.97. The van der Waals surface area contributed by atoms with Gasteiger partial charge in [-0.2, -0.15) is 0 Å². The lowest BCUT2D eigenvalue weighted by Gasteiger charge is -2.48. The molecule has 3 aliphatic rings. The smallest absolute Gasteiger partial charge is 0.191 e. The molecule has 0 amide bonds. The van der Waals surface area contributed by atoms with E-state index in [1.54, 1.807) is 0 Å². The van der Waals surface area contributed by atoms with E-state index in [2.05, 4.69) is 32.7 Å². The van der Waals surface area contributed by atoms with Gasteiger partial charge >= 0.3 is 0 Å². The number of guanidine groups is 1. The minimum Gasteiger partial charge on any atom is -0.355 e. The maximum absolute atomic E-state index is 4.46. The Morgan fingerprint density at radius 3 is 2.35 bits per heavy atom. The van der Waals surface area contributed by atoms with Crippen LogP contribution in [0.15, 0.2) is 17.1 Å². The highest BCUT2D eigenvalue weighted by atomic mass is 15.3. The van der Waals surface area contributed by atoms with Gasteiger partial charge in [-0.05, 0) is 51.6 Å². The van der Waals surface area contributed by atoms with Gasteiger partial charge in [0.1, 0.15) is 0 Å². The van der Waals surface area contributed by atoms with Crippen molar-refractivity contribution < 1.29 is 0 Å². The molecule has 130 valence electrons. The average molecular weight is 319 g/mol. The predicted octanol–water partition coefficient (Wildman–Crippen LogP) is 3.06. The molecular weight excluding hydrogens is 284 g/mol. The molecule has 4 nitrogen and oxygen atoms in total. The van der Waals surface area contributed by atoms with Crippen molar-refractivity contribution in [2.45, 2.75) is 75.8 Å². The van der Waals surface area contributed by atoms with Crippen LogP contribution in [0.2, 0.25) is 0 Å². The molecule has 0 bridgehead atoms. The number of rotatable bonds is 4. The van der Waals surface area contributed by atoms with Gasteiger partial charge in [-0.1, -0.05) is 37.8 Å². The Hall–Kier alpha value is -1.03. The van der Waals surface area contributed by atoms with Crippen molar-refractivity contribution in [3.63, 3.8) is 0 Å². The van der Waals surface area contributed by atoms with Crippen LogP contribution in [0.25, 0.3) is 0 Å². The molecule has 0 radical (unpaired) electrons. The normalized spacial score (nSPS) is 26.4. The lowest BCUT2D eigenvalue weighted by molar-refractivity contribution is 0.0368. The molecule has 4 heteroatoms. The zero-order valence-electron chi connectivity index (χ0n) is 14.8. The molecule has 1 aliphatic heterocycles. The summed E-state index contributed by atoms with van der Waals surface area (Å²) in [4.78, 5) is 7.26. The fourth-order valence-corrected chi connectivity index (χ4v) is 4.55. The van der Waals surface area contributed by atoms with Gasteiger partial charge in [0.25, 0.3) is 0 Å². The van der Waals surface area contributed by atoms with Crippen molar-refractivity contribution in [2.24, 2.45) is 4.99 Å². The zero-order valence-corrected chi connectivity index (χ0v) is 14.8. The molecule has 0 aromatic carbocycles. The van der Waals surface area contributed by atoms with Gasteiger partial charge in [-0.3, -0.25) is 9.89 Å². The highest BCUT2D eigenvalue weighted by molar-refractivity contribution is 5.80. The van der Waals surface area contributed by atoms with Crippen LogP contribution in [0.5, 0.6) is 0 Å². The van der Waals surface area contributed by atoms with E-state index in [-0.39, 0.29) is 0 Å². The number of hydrogen-bond donors (Lipinski definition) is 2. The van der Waals surface area contributed by atoms with E-state index in [1.807, 2.05) is 7.05 Å². The van der Waals surface area contributed by atoms with Crippen LogP contribution in [-0.4, -0.2) is 49.1 Å². The van der Waals surface area contributed by atoms with Gasteiger partial charge in [0, 0.05) is 25.2 Å². The summed E-state index contributed by atoms with van der Waals surface area (Å²) < 4.78 is 0. The second-order valence-electron chi connectivity index (χ2n) is 7.54. The van der Waals surface area contributed by atoms with Crippen molar-refractivity contribution >= 4 is 5.96 Å². The van der Waals surface area contributed by atoms with E-state index < -0.39 is 0 Å². The van der Waals surface area contributed by atoms with E-state index in [0.717, 1.165) is 25.3 Å². The number of likely N-dealkylation sites (tertiary alicyclic amines) is 1. The van der Waals surface area contributed by atoms with Gasteiger partial charge < -0.3 is 10.6 Å². The Morgan fingerprint density at radius 2 is 1.70 bits per heavy atom. The number of nitrogens with one attached hydrogen (secondary N) is 2. The van der Waals surface area contributed by atoms with Crippen LogP contribution in [0.3, 0.4) is 0 Å². The summed E-state index contributed by atoms with van der Waals surface area (Å²) >= 11 is 0. The van der Waals surface area contributed by atoms with Crippen LogP contribution < -0.4 is 10.6 Å². The Balaban J connectivity index is 1.58. The van der Waals surface area contributed by atoms with Crippen LogP contribution in [0.4, 0.5) is 0 Å². The summed E-state index contributed by atoms with van der Waals surface area (Å²) in [5.74, 6) is 0.987. The first kappa shape index (κ1) is 16.8. The zero-order chi connectivity index (χ0) is 16.0. The molecule has 2 N–H and O–H groups in total. The Labute approximate surface area is 141 Å². The molecule has 3 rings (SSSR count). The summed E-state index contributed by atoms with van der Waals surface area (Å²) in [6.07, 6.45) is 17.8. The van der Waals surface area contributed by atoms with Crippen LogP contribution in [0.1, 0.15) is 64.2 Å². The van der Waals surface area contributed by atoms with Crippen molar-refractivity contribution in [3.8, 4) is 0 Å². The number of nitrogens with zero attached hydrogens (tertiary/aromatic N) is 2. The lowest BCUT2D eigenvalue weighted by Crippen LogP contribution is -2.59. The van der Waals surface area contributed by atoms with E-state index >= 15 is 0 Å². The standard InChI is InChI=1S/C19H34N4/c1-20-18(22-17-10-4-5-11-17)21-16-19(12-6-2-7-13-19)23-14-8-3-9-15-23/h4-5,17H,2-3,6-16H2,1H3,(H2,20,21,22). The first-order chi connectivity index (χ1) is 11.3. The first-order valence-electron chi connectivity index (χ1n) is 9.70. The largest absolute Gasteiger partial charge is 0.355 e. The van der Waals surface area contributed by atoms with E-state index in [9.17, 15) is 0 Å². The van der Waals surface area contributed by atoms with Crippen LogP contribution in [0, 0.1) is 0 Å². The Morgan fingerprint density at radius 1 is 1.04 bits per heavy atom. The first-order valence-corrected chi connectivity index (χ1v) is 9.70.